The third-order valence-corrected chi connectivity index (χ3v) is 4.65. The molecule has 5 heteroatoms. The molecule has 0 aromatic heterocycles. The highest BCUT2D eigenvalue weighted by Gasteiger charge is 2.26. The van der Waals surface area contributed by atoms with E-state index in [4.69, 9.17) is 10.5 Å². The minimum absolute atomic E-state index is 0.0985. The first kappa shape index (κ1) is 18.7. The minimum atomic E-state index is 0.0985. The van der Waals surface area contributed by atoms with Gasteiger partial charge in [-0.2, -0.15) is 0 Å². The van der Waals surface area contributed by atoms with Gasteiger partial charge in [0.15, 0.2) is 0 Å². The summed E-state index contributed by atoms with van der Waals surface area (Å²) in [5.41, 5.74) is 7.41. The van der Waals surface area contributed by atoms with E-state index in [0.717, 1.165) is 56.9 Å². The van der Waals surface area contributed by atoms with Crippen LogP contribution in [0, 0.1) is 5.92 Å². The number of hydrogen-bond acceptors (Lipinski definition) is 4. The van der Waals surface area contributed by atoms with Gasteiger partial charge < -0.3 is 20.7 Å². The molecular formula is C19H31N3O2. The summed E-state index contributed by atoms with van der Waals surface area (Å²) >= 11 is 0. The lowest BCUT2D eigenvalue weighted by Crippen LogP contribution is -2.50. The van der Waals surface area contributed by atoms with Crippen LogP contribution in [0.4, 0.5) is 5.69 Å². The van der Waals surface area contributed by atoms with Crippen LogP contribution in [-0.2, 0) is 16.0 Å². The SMILES string of the molecule is CCOCCCN1CCC(NC(=O)Cc2ccc(N)cc2)C(C)C1. The number of nitrogen functional groups attached to an aromatic ring is 1. The molecule has 1 aliphatic rings. The van der Waals surface area contributed by atoms with Gasteiger partial charge in [0.05, 0.1) is 6.42 Å². The third kappa shape index (κ3) is 6.13. The standard InChI is InChI=1S/C19H31N3O2/c1-3-24-12-4-10-22-11-9-18(15(2)14-22)21-19(23)13-16-5-7-17(20)8-6-16/h5-8,15,18H,3-4,9-14,20H2,1-2H3,(H,21,23). The molecule has 1 amide bonds. The van der Waals surface area contributed by atoms with Gasteiger partial charge in [0, 0.05) is 44.6 Å². The second-order valence-corrected chi connectivity index (χ2v) is 6.71. The molecule has 1 fully saturated rings. The van der Waals surface area contributed by atoms with Gasteiger partial charge in [-0.3, -0.25) is 4.79 Å². The van der Waals surface area contributed by atoms with Crippen molar-refractivity contribution in [3.8, 4) is 0 Å². The first-order valence-electron chi connectivity index (χ1n) is 9.02. The lowest BCUT2D eigenvalue weighted by molar-refractivity contribution is -0.121. The molecule has 134 valence electrons. The van der Waals surface area contributed by atoms with E-state index >= 15 is 0 Å². The quantitative estimate of drug-likeness (QED) is 0.564. The van der Waals surface area contributed by atoms with Crippen molar-refractivity contribution in [2.24, 2.45) is 5.92 Å². The molecule has 3 N–H and O–H groups in total. The second kappa shape index (κ2) is 9.64. The predicted octanol–water partition coefficient (Wildman–Crippen LogP) is 2.06. The van der Waals surface area contributed by atoms with E-state index in [0.29, 0.717) is 12.3 Å². The molecule has 1 aromatic rings. The zero-order valence-corrected chi connectivity index (χ0v) is 15.0. The Bertz CT molecular complexity index is 504. The predicted molar refractivity (Wildman–Crippen MR) is 97.8 cm³/mol. The van der Waals surface area contributed by atoms with Crippen molar-refractivity contribution in [2.75, 3.05) is 38.6 Å². The zero-order valence-electron chi connectivity index (χ0n) is 15.0. The minimum Gasteiger partial charge on any atom is -0.399 e. The van der Waals surface area contributed by atoms with Crippen LogP contribution in [0.1, 0.15) is 32.3 Å². The molecule has 0 aliphatic carbocycles. The molecule has 1 saturated heterocycles. The fraction of sp³-hybridized carbons (Fsp3) is 0.632. The van der Waals surface area contributed by atoms with Gasteiger partial charge in [-0.1, -0.05) is 19.1 Å². The molecule has 0 saturated carbocycles. The number of ether oxygens (including phenoxy) is 1. The highest BCUT2D eigenvalue weighted by atomic mass is 16.5. The highest BCUT2D eigenvalue weighted by Crippen LogP contribution is 2.17. The first-order chi connectivity index (χ1) is 11.6. The number of benzene rings is 1. The van der Waals surface area contributed by atoms with Crippen molar-refractivity contribution in [3.63, 3.8) is 0 Å². The summed E-state index contributed by atoms with van der Waals surface area (Å²) in [5, 5.41) is 3.21. The molecule has 2 atom stereocenters. The maximum absolute atomic E-state index is 12.3. The van der Waals surface area contributed by atoms with Gasteiger partial charge >= 0.3 is 0 Å². The molecule has 2 rings (SSSR count). The fourth-order valence-electron chi connectivity index (χ4n) is 3.26. The molecule has 0 radical (unpaired) electrons. The second-order valence-electron chi connectivity index (χ2n) is 6.71. The molecule has 0 spiro atoms. The van der Waals surface area contributed by atoms with Crippen molar-refractivity contribution < 1.29 is 9.53 Å². The van der Waals surface area contributed by atoms with Crippen LogP contribution in [0.2, 0.25) is 0 Å². The maximum atomic E-state index is 12.3. The van der Waals surface area contributed by atoms with Crippen LogP contribution in [-0.4, -0.2) is 49.7 Å². The van der Waals surface area contributed by atoms with Gasteiger partial charge in [-0.05, 0) is 43.4 Å². The van der Waals surface area contributed by atoms with E-state index < -0.39 is 0 Å². The van der Waals surface area contributed by atoms with Crippen molar-refractivity contribution >= 4 is 11.6 Å². The molecule has 1 aromatic carbocycles. The summed E-state index contributed by atoms with van der Waals surface area (Å²) in [6.07, 6.45) is 2.51. The van der Waals surface area contributed by atoms with E-state index in [9.17, 15) is 4.79 Å². The highest BCUT2D eigenvalue weighted by molar-refractivity contribution is 5.79. The lowest BCUT2D eigenvalue weighted by atomic mass is 9.93. The van der Waals surface area contributed by atoms with Crippen LogP contribution in [0.3, 0.4) is 0 Å². The number of hydrogen-bond donors (Lipinski definition) is 2. The number of carbonyl (C=O) groups excluding carboxylic acids is 1. The Morgan fingerprint density at radius 3 is 2.79 bits per heavy atom. The molecule has 1 aliphatic heterocycles. The Morgan fingerprint density at radius 1 is 1.38 bits per heavy atom. The molecular weight excluding hydrogens is 302 g/mol. The number of nitrogens with zero attached hydrogens (tertiary/aromatic N) is 1. The molecule has 1 heterocycles. The Labute approximate surface area is 145 Å². The number of rotatable bonds is 8. The largest absolute Gasteiger partial charge is 0.399 e. The average molecular weight is 333 g/mol. The Balaban J connectivity index is 1.71. The smallest absolute Gasteiger partial charge is 0.224 e. The van der Waals surface area contributed by atoms with Crippen LogP contribution in [0.25, 0.3) is 0 Å². The third-order valence-electron chi connectivity index (χ3n) is 4.65. The summed E-state index contributed by atoms with van der Waals surface area (Å²) < 4.78 is 5.40. The van der Waals surface area contributed by atoms with Gasteiger partial charge in [-0.25, -0.2) is 0 Å². The molecule has 0 bridgehead atoms. The average Bonchev–Trinajstić information content (AvgIpc) is 2.56. The first-order valence-corrected chi connectivity index (χ1v) is 9.02. The van der Waals surface area contributed by atoms with E-state index in [-0.39, 0.29) is 11.9 Å². The normalized spacial score (nSPS) is 21.6. The Hall–Kier alpha value is -1.59. The number of carbonyl (C=O) groups is 1. The summed E-state index contributed by atoms with van der Waals surface area (Å²) in [5.74, 6) is 0.572. The van der Waals surface area contributed by atoms with E-state index in [1.807, 2.05) is 31.2 Å². The van der Waals surface area contributed by atoms with Crippen LogP contribution < -0.4 is 11.1 Å². The number of amides is 1. The van der Waals surface area contributed by atoms with Crippen LogP contribution in [0.15, 0.2) is 24.3 Å². The lowest BCUT2D eigenvalue weighted by Gasteiger charge is -2.37. The van der Waals surface area contributed by atoms with Crippen LogP contribution >= 0.6 is 0 Å². The Kier molecular flexibility index (Phi) is 7.53. The van der Waals surface area contributed by atoms with E-state index in [1.54, 1.807) is 0 Å². The summed E-state index contributed by atoms with van der Waals surface area (Å²) in [6.45, 7) is 9.05. The topological polar surface area (TPSA) is 67.6 Å². The summed E-state index contributed by atoms with van der Waals surface area (Å²) in [6, 6.07) is 7.78. The number of piperidine rings is 1. The maximum Gasteiger partial charge on any atom is 0.224 e. The van der Waals surface area contributed by atoms with Crippen molar-refractivity contribution in [1.29, 1.82) is 0 Å². The number of likely N-dealkylation sites (tertiary alicyclic amines) is 1. The van der Waals surface area contributed by atoms with E-state index in [2.05, 4.69) is 17.1 Å². The fourth-order valence-corrected chi connectivity index (χ4v) is 3.26. The number of anilines is 1. The van der Waals surface area contributed by atoms with Crippen molar-refractivity contribution in [2.45, 2.75) is 39.2 Å². The molecule has 5 nitrogen and oxygen atoms in total. The van der Waals surface area contributed by atoms with Crippen molar-refractivity contribution in [1.82, 2.24) is 10.2 Å². The van der Waals surface area contributed by atoms with Crippen LogP contribution in [0.5, 0.6) is 0 Å². The van der Waals surface area contributed by atoms with Gasteiger partial charge in [0.1, 0.15) is 0 Å². The number of nitrogens with one attached hydrogen (secondary N) is 1. The summed E-state index contributed by atoms with van der Waals surface area (Å²) in [4.78, 5) is 14.7. The Morgan fingerprint density at radius 2 is 2.12 bits per heavy atom. The van der Waals surface area contributed by atoms with E-state index in [1.165, 1.54) is 0 Å². The summed E-state index contributed by atoms with van der Waals surface area (Å²) in [7, 11) is 0. The van der Waals surface area contributed by atoms with Gasteiger partial charge in [0.2, 0.25) is 5.91 Å². The monoisotopic (exact) mass is 333 g/mol. The molecule has 24 heavy (non-hydrogen) atoms. The van der Waals surface area contributed by atoms with Crippen molar-refractivity contribution in [3.05, 3.63) is 29.8 Å². The van der Waals surface area contributed by atoms with Gasteiger partial charge in [-0.15, -0.1) is 0 Å². The number of nitrogens with two attached hydrogens (primary N) is 1. The zero-order chi connectivity index (χ0) is 17.4. The van der Waals surface area contributed by atoms with Gasteiger partial charge in [0.25, 0.3) is 0 Å². The molecule has 2 unspecified atom stereocenters.